The molecule has 3 rings (SSSR count). The van der Waals surface area contributed by atoms with Gasteiger partial charge < -0.3 is 19.7 Å². The second-order valence-electron chi connectivity index (χ2n) is 5.57. The Labute approximate surface area is 133 Å². The number of hydrogen-bond donors (Lipinski definition) is 2. The lowest BCUT2D eigenvalue weighted by Crippen LogP contribution is -2.48. The molecule has 0 spiro atoms. The Balaban J connectivity index is 1.95. The summed E-state index contributed by atoms with van der Waals surface area (Å²) in [5.74, 6) is -0.207. The van der Waals surface area contributed by atoms with Gasteiger partial charge in [0.2, 0.25) is 6.41 Å². The van der Waals surface area contributed by atoms with E-state index in [1.165, 1.54) is 0 Å². The van der Waals surface area contributed by atoms with E-state index in [1.54, 1.807) is 18.2 Å². The maximum Gasteiger partial charge on any atom is 0.325 e. The average molecular weight is 317 g/mol. The molecule has 1 aliphatic heterocycles. The number of nitrogens with zero attached hydrogens (tertiary/aromatic N) is 2. The summed E-state index contributed by atoms with van der Waals surface area (Å²) in [5, 5.41) is 10.6. The van der Waals surface area contributed by atoms with Crippen molar-refractivity contribution in [3.05, 3.63) is 30.0 Å². The number of ether oxygens (including phenoxy) is 1. The molecular weight excluding hydrogens is 298 g/mol. The zero-order valence-corrected chi connectivity index (χ0v) is 12.9. The Morgan fingerprint density at radius 3 is 2.70 bits per heavy atom. The number of methoxy groups -OCH3 is 1. The number of piperazine rings is 1. The van der Waals surface area contributed by atoms with Crippen molar-refractivity contribution in [2.24, 2.45) is 0 Å². The van der Waals surface area contributed by atoms with Crippen molar-refractivity contribution in [1.82, 2.24) is 14.8 Å². The zero-order valence-electron chi connectivity index (χ0n) is 12.9. The first-order valence-corrected chi connectivity index (χ1v) is 7.45. The Morgan fingerprint density at radius 1 is 1.35 bits per heavy atom. The maximum absolute atomic E-state index is 11.9. The van der Waals surface area contributed by atoms with Crippen LogP contribution in [0.3, 0.4) is 0 Å². The number of carboxylic acid groups (broad SMARTS) is 1. The monoisotopic (exact) mass is 317 g/mol. The van der Waals surface area contributed by atoms with Crippen LogP contribution in [0, 0.1) is 0 Å². The van der Waals surface area contributed by atoms with E-state index < -0.39 is 12.0 Å². The van der Waals surface area contributed by atoms with Gasteiger partial charge in [-0.05, 0) is 18.2 Å². The molecule has 2 aromatic rings. The van der Waals surface area contributed by atoms with E-state index >= 15 is 0 Å². The summed E-state index contributed by atoms with van der Waals surface area (Å²) in [6.45, 7) is 2.15. The first-order chi connectivity index (χ1) is 11.1. The van der Waals surface area contributed by atoms with E-state index in [9.17, 15) is 14.7 Å². The molecule has 0 aliphatic carbocycles. The highest BCUT2D eigenvalue weighted by molar-refractivity contribution is 5.90. The van der Waals surface area contributed by atoms with Crippen LogP contribution in [-0.2, 0) is 9.59 Å². The van der Waals surface area contributed by atoms with E-state index in [0.717, 1.165) is 17.3 Å². The quantitative estimate of drug-likeness (QED) is 0.806. The van der Waals surface area contributed by atoms with Gasteiger partial charge in [-0.3, -0.25) is 14.5 Å². The molecule has 1 fully saturated rings. The molecule has 122 valence electrons. The van der Waals surface area contributed by atoms with Crippen LogP contribution >= 0.6 is 0 Å². The molecule has 1 aliphatic rings. The van der Waals surface area contributed by atoms with E-state index in [2.05, 4.69) is 4.98 Å². The predicted octanol–water partition coefficient (Wildman–Crippen LogP) is 1.08. The van der Waals surface area contributed by atoms with Gasteiger partial charge in [0.25, 0.3) is 0 Å². The first kappa shape index (κ1) is 15.4. The Kier molecular flexibility index (Phi) is 4.20. The number of aromatic amines is 1. The van der Waals surface area contributed by atoms with Crippen molar-refractivity contribution in [2.45, 2.75) is 6.04 Å². The fourth-order valence-electron chi connectivity index (χ4n) is 3.06. The normalized spacial score (nSPS) is 17.2. The maximum atomic E-state index is 11.9. The van der Waals surface area contributed by atoms with Gasteiger partial charge >= 0.3 is 5.97 Å². The summed E-state index contributed by atoms with van der Waals surface area (Å²) < 4.78 is 5.24. The molecule has 7 nitrogen and oxygen atoms in total. The first-order valence-electron chi connectivity index (χ1n) is 7.45. The van der Waals surface area contributed by atoms with Crippen molar-refractivity contribution in [3.8, 4) is 5.75 Å². The lowest BCUT2D eigenvalue weighted by molar-refractivity contribution is -0.144. The fourth-order valence-corrected chi connectivity index (χ4v) is 3.06. The third-order valence-electron chi connectivity index (χ3n) is 4.31. The largest absolute Gasteiger partial charge is 0.497 e. The lowest BCUT2D eigenvalue weighted by Gasteiger charge is -2.36. The molecule has 0 radical (unpaired) electrons. The van der Waals surface area contributed by atoms with Crippen LogP contribution in [0.15, 0.2) is 24.4 Å². The van der Waals surface area contributed by atoms with Crippen molar-refractivity contribution >= 4 is 23.3 Å². The van der Waals surface area contributed by atoms with Gasteiger partial charge in [-0.15, -0.1) is 0 Å². The highest BCUT2D eigenvalue weighted by Crippen LogP contribution is 2.31. The van der Waals surface area contributed by atoms with Gasteiger partial charge in [-0.1, -0.05) is 0 Å². The van der Waals surface area contributed by atoms with Crippen LogP contribution in [0.1, 0.15) is 11.6 Å². The van der Waals surface area contributed by atoms with Crippen molar-refractivity contribution < 1.29 is 19.4 Å². The molecule has 1 amide bonds. The highest BCUT2D eigenvalue weighted by atomic mass is 16.5. The number of H-pyrrole nitrogens is 1. The Morgan fingerprint density at radius 2 is 2.09 bits per heavy atom. The number of nitrogens with one attached hydrogen (secondary N) is 1. The van der Waals surface area contributed by atoms with Crippen LogP contribution in [-0.4, -0.2) is 65.6 Å². The molecule has 1 atom stereocenters. The second-order valence-corrected chi connectivity index (χ2v) is 5.57. The molecule has 1 saturated heterocycles. The summed E-state index contributed by atoms with van der Waals surface area (Å²) >= 11 is 0. The van der Waals surface area contributed by atoms with Crippen LogP contribution < -0.4 is 4.74 Å². The number of rotatable bonds is 5. The van der Waals surface area contributed by atoms with E-state index in [1.807, 2.05) is 23.1 Å². The Bertz CT molecular complexity index is 719. The molecule has 2 heterocycles. The number of carbonyl (C=O) groups excluding carboxylic acids is 1. The Hall–Kier alpha value is -2.54. The van der Waals surface area contributed by atoms with Gasteiger partial charge in [0.05, 0.1) is 7.11 Å². The molecular formula is C16H19N3O4. The van der Waals surface area contributed by atoms with Gasteiger partial charge in [0.1, 0.15) is 11.8 Å². The fraction of sp³-hybridized carbons (Fsp3) is 0.375. The third kappa shape index (κ3) is 2.87. The summed E-state index contributed by atoms with van der Waals surface area (Å²) in [6, 6.07) is 4.81. The zero-order chi connectivity index (χ0) is 16.4. The number of hydrogen-bond acceptors (Lipinski definition) is 4. The number of aromatic nitrogens is 1. The summed E-state index contributed by atoms with van der Waals surface area (Å²) in [7, 11) is 1.58. The van der Waals surface area contributed by atoms with Crippen LogP contribution in [0.4, 0.5) is 0 Å². The number of carbonyl (C=O) groups is 2. The smallest absolute Gasteiger partial charge is 0.325 e. The molecule has 1 aromatic heterocycles. The van der Waals surface area contributed by atoms with E-state index in [-0.39, 0.29) is 0 Å². The molecule has 1 aromatic carbocycles. The van der Waals surface area contributed by atoms with Gasteiger partial charge in [0.15, 0.2) is 0 Å². The molecule has 0 saturated carbocycles. The number of carboxylic acids is 1. The number of benzene rings is 1. The number of aliphatic carboxylic acids is 1. The minimum absolute atomic E-state index is 0.534. The van der Waals surface area contributed by atoms with Gasteiger partial charge in [0, 0.05) is 48.8 Å². The van der Waals surface area contributed by atoms with Gasteiger partial charge in [-0.25, -0.2) is 0 Å². The number of fused-ring (bicyclic) bond motifs is 1. The molecule has 0 unspecified atom stereocenters. The predicted molar refractivity (Wildman–Crippen MR) is 84.4 cm³/mol. The number of amides is 1. The average Bonchev–Trinajstić information content (AvgIpc) is 2.98. The molecule has 7 heteroatoms. The van der Waals surface area contributed by atoms with Crippen molar-refractivity contribution in [3.63, 3.8) is 0 Å². The third-order valence-corrected chi connectivity index (χ3v) is 4.31. The minimum atomic E-state index is -0.895. The topological polar surface area (TPSA) is 85.9 Å². The molecule has 2 N–H and O–H groups in total. The van der Waals surface area contributed by atoms with E-state index in [0.29, 0.717) is 37.5 Å². The van der Waals surface area contributed by atoms with Crippen molar-refractivity contribution in [1.29, 1.82) is 0 Å². The standard InChI is InChI=1S/C16H19N3O4/c1-23-11-2-3-14-12(8-11)13(9-17-14)15(16(21)22)19-6-4-18(10-20)5-7-19/h2-3,8-10,15,17H,4-7H2,1H3,(H,21,22)/t15-/m1/s1. The second kappa shape index (κ2) is 6.29. The minimum Gasteiger partial charge on any atom is -0.497 e. The van der Waals surface area contributed by atoms with Crippen molar-refractivity contribution in [2.75, 3.05) is 33.3 Å². The lowest BCUT2D eigenvalue weighted by atomic mass is 10.0. The SMILES string of the molecule is COc1ccc2[nH]cc([C@H](C(=O)O)N3CCN(C=O)CC3)c2c1. The highest BCUT2D eigenvalue weighted by Gasteiger charge is 2.31. The molecule has 0 bridgehead atoms. The van der Waals surface area contributed by atoms with E-state index in [4.69, 9.17) is 4.74 Å². The summed E-state index contributed by atoms with van der Waals surface area (Å²) in [4.78, 5) is 29.4. The van der Waals surface area contributed by atoms with Crippen LogP contribution in [0.25, 0.3) is 10.9 Å². The summed E-state index contributed by atoms with van der Waals surface area (Å²) in [5.41, 5.74) is 1.59. The van der Waals surface area contributed by atoms with Crippen LogP contribution in [0.5, 0.6) is 5.75 Å². The van der Waals surface area contributed by atoms with Crippen LogP contribution in [0.2, 0.25) is 0 Å². The summed E-state index contributed by atoms with van der Waals surface area (Å²) in [6.07, 6.45) is 2.55. The van der Waals surface area contributed by atoms with Gasteiger partial charge in [-0.2, -0.15) is 0 Å². The molecule has 23 heavy (non-hydrogen) atoms.